The van der Waals surface area contributed by atoms with Crippen LogP contribution >= 0.6 is 0 Å². The van der Waals surface area contributed by atoms with E-state index in [0.29, 0.717) is 6.54 Å². The molecule has 0 aliphatic heterocycles. The van der Waals surface area contributed by atoms with Gasteiger partial charge in [-0.25, -0.2) is 4.79 Å². The number of carbonyl (C=O) groups is 2. The van der Waals surface area contributed by atoms with Gasteiger partial charge in [-0.2, -0.15) is 5.26 Å². The van der Waals surface area contributed by atoms with E-state index in [0.717, 1.165) is 12.8 Å². The summed E-state index contributed by atoms with van der Waals surface area (Å²) < 4.78 is 0. The van der Waals surface area contributed by atoms with E-state index in [-0.39, 0.29) is 31.6 Å². The van der Waals surface area contributed by atoms with E-state index >= 15 is 0 Å². The zero-order valence-electron chi connectivity index (χ0n) is 10.2. The number of carboxylic acids is 1. The molecule has 1 saturated carbocycles. The molecule has 0 unspecified atom stereocenters. The molecule has 2 amide bonds. The van der Waals surface area contributed by atoms with Crippen LogP contribution in [-0.2, 0) is 4.79 Å². The Morgan fingerprint density at radius 1 is 1.50 bits per heavy atom. The Hall–Kier alpha value is -2.03. The van der Waals surface area contributed by atoms with E-state index in [9.17, 15) is 9.59 Å². The summed E-state index contributed by atoms with van der Waals surface area (Å²) in [7, 11) is 0. The molecule has 0 atom stereocenters. The van der Waals surface area contributed by atoms with Crippen molar-refractivity contribution >= 4 is 12.0 Å². The maximum absolute atomic E-state index is 12.2. The van der Waals surface area contributed by atoms with E-state index in [4.69, 9.17) is 10.4 Å². The van der Waals surface area contributed by atoms with Gasteiger partial charge in [0.1, 0.15) is 6.54 Å². The first-order chi connectivity index (χ1) is 8.60. The summed E-state index contributed by atoms with van der Waals surface area (Å²) in [4.78, 5) is 25.7. The molecule has 0 spiro atoms. The first-order valence-corrected chi connectivity index (χ1v) is 5.85. The summed E-state index contributed by atoms with van der Waals surface area (Å²) in [5, 5.41) is 17.3. The summed E-state index contributed by atoms with van der Waals surface area (Å²) in [6.07, 6.45) is 3.60. The monoisotopic (exact) mass is 251 g/mol. The molecule has 0 aromatic rings. The predicted octanol–water partition coefficient (Wildman–Crippen LogP) is 1.06. The largest absolute Gasteiger partial charge is 0.480 e. The minimum atomic E-state index is -1.05. The predicted molar refractivity (Wildman–Crippen MR) is 64.8 cm³/mol. The van der Waals surface area contributed by atoms with Crippen LogP contribution in [0.5, 0.6) is 0 Å². The molecule has 0 bridgehead atoms. The number of rotatable bonds is 7. The number of amides is 2. The molecule has 98 valence electrons. The van der Waals surface area contributed by atoms with Gasteiger partial charge in [-0.05, 0) is 12.8 Å². The van der Waals surface area contributed by atoms with E-state index in [2.05, 4.69) is 6.58 Å². The Kier molecular flexibility index (Phi) is 5.18. The van der Waals surface area contributed by atoms with Gasteiger partial charge in [-0.15, -0.1) is 6.58 Å². The number of hydrogen-bond donors (Lipinski definition) is 1. The number of aliphatic carboxylic acids is 1. The summed E-state index contributed by atoms with van der Waals surface area (Å²) in [6, 6.07) is 1.83. The molecule has 6 nitrogen and oxygen atoms in total. The fourth-order valence-electron chi connectivity index (χ4n) is 1.70. The highest BCUT2D eigenvalue weighted by atomic mass is 16.4. The zero-order valence-corrected chi connectivity index (χ0v) is 10.2. The minimum absolute atomic E-state index is 0.159. The van der Waals surface area contributed by atoms with Gasteiger partial charge in [-0.1, -0.05) is 6.08 Å². The summed E-state index contributed by atoms with van der Waals surface area (Å²) >= 11 is 0. The second kappa shape index (κ2) is 6.64. The number of carbonyl (C=O) groups excluding carboxylic acids is 1. The highest BCUT2D eigenvalue weighted by Crippen LogP contribution is 2.27. The van der Waals surface area contributed by atoms with Crippen LogP contribution in [0, 0.1) is 11.3 Å². The third-order valence-corrected chi connectivity index (χ3v) is 2.64. The van der Waals surface area contributed by atoms with Crippen molar-refractivity contribution in [3.63, 3.8) is 0 Å². The third kappa shape index (κ3) is 4.09. The fourth-order valence-corrected chi connectivity index (χ4v) is 1.70. The molecule has 0 radical (unpaired) electrons. The fraction of sp³-hybridized carbons (Fsp3) is 0.583. The number of nitriles is 1. The molecule has 1 N–H and O–H groups in total. The standard InChI is InChI=1S/C12H17N3O3/c1-2-7-14(9-11(16)17)12(18)15(8-3-6-13)10-4-5-10/h2,10H,1,3-5,7-9H2,(H,16,17). The quantitative estimate of drug-likeness (QED) is 0.685. The van der Waals surface area contributed by atoms with Gasteiger partial charge in [0, 0.05) is 19.1 Å². The van der Waals surface area contributed by atoms with Crippen molar-refractivity contribution in [1.29, 1.82) is 5.26 Å². The van der Waals surface area contributed by atoms with Gasteiger partial charge >= 0.3 is 12.0 Å². The Morgan fingerprint density at radius 3 is 2.61 bits per heavy atom. The lowest BCUT2D eigenvalue weighted by Crippen LogP contribution is -2.46. The van der Waals surface area contributed by atoms with Gasteiger partial charge in [0.25, 0.3) is 0 Å². The summed E-state index contributed by atoms with van der Waals surface area (Å²) in [6.45, 7) is 3.72. The average molecular weight is 251 g/mol. The summed E-state index contributed by atoms with van der Waals surface area (Å²) in [5.74, 6) is -1.05. The second-order valence-electron chi connectivity index (χ2n) is 4.18. The van der Waals surface area contributed by atoms with Crippen molar-refractivity contribution < 1.29 is 14.7 Å². The van der Waals surface area contributed by atoms with Crippen molar-refractivity contribution in [1.82, 2.24) is 9.80 Å². The van der Waals surface area contributed by atoms with E-state index in [1.54, 1.807) is 4.90 Å². The highest BCUT2D eigenvalue weighted by molar-refractivity contribution is 5.80. The van der Waals surface area contributed by atoms with Crippen LogP contribution in [0.3, 0.4) is 0 Å². The molecule has 0 aromatic heterocycles. The zero-order chi connectivity index (χ0) is 13.5. The molecular formula is C12H17N3O3. The lowest BCUT2D eigenvalue weighted by molar-refractivity contribution is -0.137. The first kappa shape index (κ1) is 14.0. The van der Waals surface area contributed by atoms with Gasteiger partial charge in [-0.3, -0.25) is 4.79 Å². The molecule has 18 heavy (non-hydrogen) atoms. The van der Waals surface area contributed by atoms with Gasteiger partial charge in [0.15, 0.2) is 0 Å². The van der Waals surface area contributed by atoms with Crippen molar-refractivity contribution in [2.45, 2.75) is 25.3 Å². The Labute approximate surface area is 106 Å². The lowest BCUT2D eigenvalue weighted by atomic mass is 10.4. The van der Waals surface area contributed by atoms with Crippen molar-refractivity contribution in [3.8, 4) is 6.07 Å². The molecule has 0 saturated heterocycles. The van der Waals surface area contributed by atoms with Crippen LogP contribution in [0.4, 0.5) is 4.79 Å². The second-order valence-corrected chi connectivity index (χ2v) is 4.18. The van der Waals surface area contributed by atoms with Crippen LogP contribution in [0.2, 0.25) is 0 Å². The maximum atomic E-state index is 12.2. The van der Waals surface area contributed by atoms with E-state index < -0.39 is 5.97 Å². The number of carboxylic acid groups (broad SMARTS) is 1. The Morgan fingerprint density at radius 2 is 2.17 bits per heavy atom. The lowest BCUT2D eigenvalue weighted by Gasteiger charge is -2.28. The molecule has 0 aromatic carbocycles. The Balaban J connectivity index is 2.67. The van der Waals surface area contributed by atoms with Gasteiger partial charge in [0.2, 0.25) is 0 Å². The topological polar surface area (TPSA) is 84.6 Å². The van der Waals surface area contributed by atoms with Crippen LogP contribution in [-0.4, -0.2) is 52.6 Å². The van der Waals surface area contributed by atoms with E-state index in [1.165, 1.54) is 11.0 Å². The molecular weight excluding hydrogens is 234 g/mol. The van der Waals surface area contributed by atoms with Crippen molar-refractivity contribution in [2.24, 2.45) is 0 Å². The highest BCUT2D eigenvalue weighted by Gasteiger charge is 2.34. The number of urea groups is 1. The van der Waals surface area contributed by atoms with Crippen molar-refractivity contribution in [3.05, 3.63) is 12.7 Å². The van der Waals surface area contributed by atoms with Crippen LogP contribution in [0.25, 0.3) is 0 Å². The molecule has 6 heteroatoms. The maximum Gasteiger partial charge on any atom is 0.323 e. The average Bonchev–Trinajstić information content (AvgIpc) is 3.12. The van der Waals surface area contributed by atoms with Crippen LogP contribution < -0.4 is 0 Å². The van der Waals surface area contributed by atoms with Gasteiger partial charge in [0.05, 0.1) is 12.5 Å². The molecule has 1 aliphatic rings. The minimum Gasteiger partial charge on any atom is -0.480 e. The number of nitrogens with zero attached hydrogens (tertiary/aromatic N) is 3. The molecule has 0 heterocycles. The van der Waals surface area contributed by atoms with Gasteiger partial charge < -0.3 is 14.9 Å². The smallest absolute Gasteiger partial charge is 0.323 e. The van der Waals surface area contributed by atoms with Crippen molar-refractivity contribution in [2.75, 3.05) is 19.6 Å². The van der Waals surface area contributed by atoms with Crippen LogP contribution in [0.1, 0.15) is 19.3 Å². The van der Waals surface area contributed by atoms with Crippen LogP contribution in [0.15, 0.2) is 12.7 Å². The number of hydrogen-bond acceptors (Lipinski definition) is 3. The van der Waals surface area contributed by atoms with E-state index in [1.807, 2.05) is 6.07 Å². The Bertz CT molecular complexity index is 371. The molecule has 1 aliphatic carbocycles. The molecule has 1 fully saturated rings. The first-order valence-electron chi connectivity index (χ1n) is 5.85. The SMILES string of the molecule is C=CCN(CC(=O)O)C(=O)N(CCC#N)C1CC1. The third-order valence-electron chi connectivity index (χ3n) is 2.64. The summed E-state index contributed by atoms with van der Waals surface area (Å²) in [5.41, 5.74) is 0. The molecule has 1 rings (SSSR count). The normalized spacial score (nSPS) is 13.5.